The second-order valence-corrected chi connectivity index (χ2v) is 5.65. The predicted molar refractivity (Wildman–Crippen MR) is 82.6 cm³/mol. The van der Waals surface area contributed by atoms with E-state index < -0.39 is 0 Å². The van der Waals surface area contributed by atoms with Gasteiger partial charge < -0.3 is 15.8 Å². The molecule has 0 bridgehead atoms. The number of benzene rings is 1. The van der Waals surface area contributed by atoms with E-state index in [1.165, 1.54) is 6.42 Å². The summed E-state index contributed by atoms with van der Waals surface area (Å²) in [6.07, 6.45) is 3.34. The fraction of sp³-hybridized carbons (Fsp3) is 0.562. The quantitative estimate of drug-likeness (QED) is 0.718. The highest BCUT2D eigenvalue weighted by atomic mass is 16.5. The minimum absolute atomic E-state index is 0.0401. The molecule has 0 aliphatic carbocycles. The number of carbonyl (C=O) groups excluding carboxylic acids is 1. The maximum absolute atomic E-state index is 11.7. The van der Waals surface area contributed by atoms with E-state index in [2.05, 4.69) is 19.2 Å². The van der Waals surface area contributed by atoms with Crippen molar-refractivity contribution in [3.05, 3.63) is 24.3 Å². The molecule has 4 heteroatoms. The van der Waals surface area contributed by atoms with Gasteiger partial charge in [0.05, 0.1) is 0 Å². The molecule has 0 aliphatic heterocycles. The minimum atomic E-state index is -0.0844. The van der Waals surface area contributed by atoms with Crippen LogP contribution in [0.2, 0.25) is 0 Å². The molecule has 1 aromatic rings. The van der Waals surface area contributed by atoms with Gasteiger partial charge in [-0.25, -0.2) is 0 Å². The third-order valence-corrected chi connectivity index (χ3v) is 3.08. The number of hydrogen-bond acceptors (Lipinski definition) is 3. The lowest BCUT2D eigenvalue weighted by Crippen LogP contribution is -2.36. The molecule has 0 fully saturated rings. The van der Waals surface area contributed by atoms with Crippen LogP contribution >= 0.6 is 0 Å². The fourth-order valence-electron chi connectivity index (χ4n) is 1.93. The second kappa shape index (κ2) is 8.46. The molecule has 4 nitrogen and oxygen atoms in total. The Hall–Kier alpha value is -1.71. The molecule has 0 saturated heterocycles. The number of anilines is 1. The molecule has 0 saturated carbocycles. The van der Waals surface area contributed by atoms with Gasteiger partial charge in [0.2, 0.25) is 0 Å². The van der Waals surface area contributed by atoms with Crippen molar-refractivity contribution in [1.29, 1.82) is 0 Å². The van der Waals surface area contributed by atoms with Crippen LogP contribution in [-0.4, -0.2) is 18.6 Å². The number of nitrogens with two attached hydrogens (primary N) is 1. The minimum Gasteiger partial charge on any atom is -0.484 e. The van der Waals surface area contributed by atoms with E-state index in [1.807, 2.05) is 6.92 Å². The van der Waals surface area contributed by atoms with E-state index in [-0.39, 0.29) is 18.6 Å². The summed E-state index contributed by atoms with van der Waals surface area (Å²) >= 11 is 0. The monoisotopic (exact) mass is 278 g/mol. The highest BCUT2D eigenvalue weighted by Gasteiger charge is 2.08. The molecule has 0 spiro atoms. The van der Waals surface area contributed by atoms with Gasteiger partial charge in [0.25, 0.3) is 5.91 Å². The molecule has 1 rings (SSSR count). The average Bonchev–Trinajstić information content (AvgIpc) is 2.37. The Morgan fingerprint density at radius 3 is 2.45 bits per heavy atom. The van der Waals surface area contributed by atoms with Crippen LogP contribution in [-0.2, 0) is 4.79 Å². The highest BCUT2D eigenvalue weighted by molar-refractivity contribution is 5.77. The van der Waals surface area contributed by atoms with Crippen molar-refractivity contribution in [3.63, 3.8) is 0 Å². The first-order valence-corrected chi connectivity index (χ1v) is 7.25. The molecule has 1 atom stereocenters. The highest BCUT2D eigenvalue weighted by Crippen LogP contribution is 2.13. The lowest BCUT2D eigenvalue weighted by atomic mass is 10.0. The van der Waals surface area contributed by atoms with Crippen molar-refractivity contribution in [2.24, 2.45) is 5.92 Å². The van der Waals surface area contributed by atoms with Gasteiger partial charge in [-0.2, -0.15) is 0 Å². The SMILES string of the molecule is CC(C)CCCC(C)NC(=O)COc1ccc(N)cc1. The zero-order chi connectivity index (χ0) is 15.0. The Labute approximate surface area is 121 Å². The van der Waals surface area contributed by atoms with Gasteiger partial charge >= 0.3 is 0 Å². The van der Waals surface area contributed by atoms with Crippen LogP contribution in [0.15, 0.2) is 24.3 Å². The van der Waals surface area contributed by atoms with Crippen molar-refractivity contribution < 1.29 is 9.53 Å². The summed E-state index contributed by atoms with van der Waals surface area (Å²) < 4.78 is 5.40. The smallest absolute Gasteiger partial charge is 0.258 e. The predicted octanol–water partition coefficient (Wildman–Crippen LogP) is 2.98. The van der Waals surface area contributed by atoms with Gasteiger partial charge in [0, 0.05) is 11.7 Å². The first-order valence-electron chi connectivity index (χ1n) is 7.25. The van der Waals surface area contributed by atoms with Gasteiger partial charge in [0.15, 0.2) is 6.61 Å². The van der Waals surface area contributed by atoms with Gasteiger partial charge in [-0.15, -0.1) is 0 Å². The fourth-order valence-corrected chi connectivity index (χ4v) is 1.93. The Morgan fingerprint density at radius 2 is 1.85 bits per heavy atom. The van der Waals surface area contributed by atoms with Crippen LogP contribution in [0.5, 0.6) is 5.75 Å². The molecule has 0 radical (unpaired) electrons. The summed E-state index contributed by atoms with van der Waals surface area (Å²) in [6, 6.07) is 7.21. The molecule has 0 aromatic heterocycles. The maximum Gasteiger partial charge on any atom is 0.258 e. The van der Waals surface area contributed by atoms with Crippen molar-refractivity contribution in [1.82, 2.24) is 5.32 Å². The average molecular weight is 278 g/mol. The number of amides is 1. The first-order chi connectivity index (χ1) is 9.47. The standard InChI is InChI=1S/C16H26N2O2/c1-12(2)5-4-6-13(3)18-16(19)11-20-15-9-7-14(17)8-10-15/h7-10,12-13H,4-6,11,17H2,1-3H3,(H,18,19). The molecule has 1 amide bonds. The first kappa shape index (κ1) is 16.3. The van der Waals surface area contributed by atoms with Gasteiger partial charge in [-0.05, 0) is 43.5 Å². The summed E-state index contributed by atoms with van der Waals surface area (Å²) in [6.45, 7) is 6.49. The Kier molecular flexibility index (Phi) is 6.91. The Balaban J connectivity index is 2.20. The Morgan fingerprint density at radius 1 is 1.20 bits per heavy atom. The van der Waals surface area contributed by atoms with Crippen molar-refractivity contribution >= 4 is 11.6 Å². The van der Waals surface area contributed by atoms with Crippen molar-refractivity contribution in [2.75, 3.05) is 12.3 Å². The van der Waals surface area contributed by atoms with E-state index in [1.54, 1.807) is 24.3 Å². The Bertz CT molecular complexity index is 401. The summed E-state index contributed by atoms with van der Waals surface area (Å²) in [5, 5.41) is 2.95. The van der Waals surface area contributed by atoms with Crippen LogP contribution in [0.25, 0.3) is 0 Å². The van der Waals surface area contributed by atoms with Gasteiger partial charge in [-0.1, -0.05) is 26.7 Å². The van der Waals surface area contributed by atoms with E-state index >= 15 is 0 Å². The molecule has 112 valence electrons. The van der Waals surface area contributed by atoms with E-state index in [0.29, 0.717) is 17.4 Å². The molecule has 20 heavy (non-hydrogen) atoms. The summed E-state index contributed by atoms with van der Waals surface area (Å²) in [4.78, 5) is 11.7. The van der Waals surface area contributed by atoms with Gasteiger partial charge in [-0.3, -0.25) is 4.79 Å². The van der Waals surface area contributed by atoms with E-state index in [9.17, 15) is 4.79 Å². The van der Waals surface area contributed by atoms with Crippen LogP contribution in [0.4, 0.5) is 5.69 Å². The van der Waals surface area contributed by atoms with Gasteiger partial charge in [0.1, 0.15) is 5.75 Å². The molecular formula is C16H26N2O2. The third-order valence-electron chi connectivity index (χ3n) is 3.08. The summed E-state index contributed by atoms with van der Waals surface area (Å²) in [7, 11) is 0. The molecule has 1 aromatic carbocycles. The van der Waals surface area contributed by atoms with E-state index in [0.717, 1.165) is 12.8 Å². The zero-order valence-electron chi connectivity index (χ0n) is 12.7. The van der Waals surface area contributed by atoms with Crippen molar-refractivity contribution in [3.8, 4) is 5.75 Å². The number of hydrogen-bond donors (Lipinski definition) is 2. The lowest BCUT2D eigenvalue weighted by molar-refractivity contribution is -0.123. The lowest BCUT2D eigenvalue weighted by Gasteiger charge is -2.15. The molecule has 0 aliphatic rings. The number of ether oxygens (including phenoxy) is 1. The third kappa shape index (κ3) is 7.02. The van der Waals surface area contributed by atoms with Crippen LogP contribution < -0.4 is 15.8 Å². The summed E-state index contributed by atoms with van der Waals surface area (Å²) in [5.41, 5.74) is 6.26. The molecule has 0 heterocycles. The molecule has 1 unspecified atom stereocenters. The number of rotatable bonds is 8. The van der Waals surface area contributed by atoms with Crippen molar-refractivity contribution in [2.45, 2.75) is 46.1 Å². The molecular weight excluding hydrogens is 252 g/mol. The zero-order valence-corrected chi connectivity index (χ0v) is 12.7. The normalized spacial score (nSPS) is 12.2. The number of nitrogen functional groups attached to an aromatic ring is 1. The van der Waals surface area contributed by atoms with Crippen LogP contribution in [0.3, 0.4) is 0 Å². The summed E-state index contributed by atoms with van der Waals surface area (Å²) in [5.74, 6) is 1.28. The maximum atomic E-state index is 11.7. The van der Waals surface area contributed by atoms with Crippen LogP contribution in [0.1, 0.15) is 40.0 Å². The number of carbonyl (C=O) groups is 1. The van der Waals surface area contributed by atoms with Crippen LogP contribution in [0, 0.1) is 5.92 Å². The topological polar surface area (TPSA) is 64.3 Å². The second-order valence-electron chi connectivity index (χ2n) is 5.65. The van der Waals surface area contributed by atoms with E-state index in [4.69, 9.17) is 10.5 Å². The number of nitrogens with one attached hydrogen (secondary N) is 1. The largest absolute Gasteiger partial charge is 0.484 e. The molecule has 3 N–H and O–H groups in total.